The van der Waals surface area contributed by atoms with E-state index in [4.69, 9.17) is 4.74 Å². The lowest BCUT2D eigenvalue weighted by atomic mass is 10.2. The summed E-state index contributed by atoms with van der Waals surface area (Å²) in [5.74, 6) is -0.269. The summed E-state index contributed by atoms with van der Waals surface area (Å²) >= 11 is 1.54. The molecule has 1 fully saturated rings. The van der Waals surface area contributed by atoms with E-state index in [1.165, 1.54) is 28.4 Å². The number of urea groups is 1. The first-order chi connectivity index (χ1) is 17.8. The first-order valence-electron chi connectivity index (χ1n) is 12.0. The molecule has 0 radical (unpaired) electrons. The van der Waals surface area contributed by atoms with Crippen LogP contribution >= 0.6 is 11.3 Å². The fourth-order valence-corrected chi connectivity index (χ4v) is 4.84. The highest BCUT2D eigenvalue weighted by Crippen LogP contribution is 2.30. The van der Waals surface area contributed by atoms with Crippen molar-refractivity contribution in [1.82, 2.24) is 9.80 Å². The Morgan fingerprint density at radius 1 is 1.00 bits per heavy atom. The number of benzene rings is 2. The lowest BCUT2D eigenvalue weighted by molar-refractivity contribution is -0.137. The van der Waals surface area contributed by atoms with E-state index in [1.54, 1.807) is 4.90 Å². The molecule has 2 aromatic carbocycles. The monoisotopic (exact) mass is 531 g/mol. The van der Waals surface area contributed by atoms with Crippen LogP contribution in [0.15, 0.2) is 72.1 Å². The van der Waals surface area contributed by atoms with Crippen molar-refractivity contribution in [3.05, 3.63) is 88.1 Å². The Morgan fingerprint density at radius 2 is 1.81 bits per heavy atom. The zero-order valence-corrected chi connectivity index (χ0v) is 20.9. The molecule has 2 heterocycles. The van der Waals surface area contributed by atoms with Gasteiger partial charge in [-0.2, -0.15) is 13.2 Å². The van der Waals surface area contributed by atoms with E-state index in [0.29, 0.717) is 19.7 Å². The maximum absolute atomic E-state index is 13.5. The highest BCUT2D eigenvalue weighted by molar-refractivity contribution is 7.09. The van der Waals surface area contributed by atoms with Crippen LogP contribution < -0.4 is 5.32 Å². The van der Waals surface area contributed by atoms with Crippen LogP contribution in [-0.2, 0) is 28.8 Å². The molecule has 196 valence electrons. The number of thiophene rings is 1. The quantitative estimate of drug-likeness (QED) is 0.368. The lowest BCUT2D eigenvalue weighted by Gasteiger charge is -2.29. The van der Waals surface area contributed by atoms with E-state index >= 15 is 0 Å². The summed E-state index contributed by atoms with van der Waals surface area (Å²) in [6.07, 6.45) is -3.18. The Balaban J connectivity index is 1.51. The molecule has 3 amide bonds. The Labute approximate surface area is 217 Å². The molecule has 0 bridgehead atoms. The number of anilines is 1. The van der Waals surface area contributed by atoms with Gasteiger partial charge in [0.05, 0.1) is 18.2 Å². The van der Waals surface area contributed by atoms with Crippen LogP contribution in [0.2, 0.25) is 0 Å². The number of carbonyl (C=O) groups is 2. The summed E-state index contributed by atoms with van der Waals surface area (Å²) in [4.78, 5) is 30.7. The maximum atomic E-state index is 13.5. The third kappa shape index (κ3) is 7.80. The molecule has 1 unspecified atom stereocenters. The van der Waals surface area contributed by atoms with E-state index in [1.807, 2.05) is 47.8 Å². The number of ether oxygens (including phenoxy) is 1. The van der Waals surface area contributed by atoms with Crippen LogP contribution in [0.25, 0.3) is 0 Å². The van der Waals surface area contributed by atoms with E-state index in [-0.39, 0.29) is 30.8 Å². The zero-order valence-electron chi connectivity index (χ0n) is 20.1. The number of alkyl halides is 3. The number of nitrogens with one attached hydrogen (secondary N) is 1. The van der Waals surface area contributed by atoms with E-state index < -0.39 is 17.8 Å². The molecular formula is C27H28F3N3O3S. The van der Waals surface area contributed by atoms with E-state index in [9.17, 15) is 22.8 Å². The van der Waals surface area contributed by atoms with Gasteiger partial charge in [0.15, 0.2) is 0 Å². The zero-order chi connectivity index (χ0) is 26.3. The summed E-state index contributed by atoms with van der Waals surface area (Å²) in [7, 11) is 0. The van der Waals surface area contributed by atoms with Crippen molar-refractivity contribution in [2.45, 2.75) is 38.2 Å². The Bertz CT molecular complexity index is 1170. The first-order valence-corrected chi connectivity index (χ1v) is 12.8. The molecule has 1 N–H and O–H groups in total. The highest BCUT2D eigenvalue weighted by Gasteiger charge is 2.31. The lowest BCUT2D eigenvalue weighted by Crippen LogP contribution is -2.46. The fourth-order valence-electron chi connectivity index (χ4n) is 4.12. The third-order valence-electron chi connectivity index (χ3n) is 6.00. The number of amides is 3. The number of carbonyl (C=O) groups excluding carboxylic acids is 2. The van der Waals surface area contributed by atoms with E-state index in [2.05, 4.69) is 5.32 Å². The van der Waals surface area contributed by atoms with Gasteiger partial charge in [-0.25, -0.2) is 4.79 Å². The number of rotatable bonds is 9. The minimum absolute atomic E-state index is 0.00402. The van der Waals surface area contributed by atoms with Gasteiger partial charge < -0.3 is 19.9 Å². The van der Waals surface area contributed by atoms with Crippen molar-refractivity contribution in [2.24, 2.45) is 0 Å². The van der Waals surface area contributed by atoms with Crippen molar-refractivity contribution in [3.8, 4) is 0 Å². The van der Waals surface area contributed by atoms with Crippen LogP contribution in [0.1, 0.15) is 28.8 Å². The smallest absolute Gasteiger partial charge is 0.376 e. The Hall–Kier alpha value is -3.37. The second-order valence-electron chi connectivity index (χ2n) is 8.84. The first kappa shape index (κ1) is 26.7. The van der Waals surface area contributed by atoms with Crippen molar-refractivity contribution in [3.63, 3.8) is 0 Å². The fraction of sp³-hybridized carbons (Fsp3) is 0.333. The molecule has 0 spiro atoms. The second kappa shape index (κ2) is 12.2. The average Bonchev–Trinajstić information content (AvgIpc) is 3.58. The van der Waals surface area contributed by atoms with Crippen LogP contribution in [0.5, 0.6) is 0 Å². The molecule has 10 heteroatoms. The average molecular weight is 532 g/mol. The number of nitrogens with zero attached hydrogens (tertiary/aromatic N) is 2. The van der Waals surface area contributed by atoms with Crippen molar-refractivity contribution < 1.29 is 27.5 Å². The normalized spacial score (nSPS) is 15.4. The van der Waals surface area contributed by atoms with Gasteiger partial charge in [-0.1, -0.05) is 42.5 Å². The molecule has 0 aliphatic carbocycles. The van der Waals surface area contributed by atoms with Gasteiger partial charge in [0.2, 0.25) is 5.91 Å². The summed E-state index contributed by atoms with van der Waals surface area (Å²) in [6.45, 7) is 1.24. The van der Waals surface area contributed by atoms with E-state index in [0.717, 1.165) is 35.4 Å². The third-order valence-corrected chi connectivity index (χ3v) is 6.86. The summed E-state index contributed by atoms with van der Waals surface area (Å²) < 4.78 is 45.1. The van der Waals surface area contributed by atoms with Crippen molar-refractivity contribution >= 4 is 29.0 Å². The number of hydrogen-bond acceptors (Lipinski definition) is 4. The van der Waals surface area contributed by atoms with Crippen LogP contribution in [0.3, 0.4) is 0 Å². The molecule has 4 rings (SSSR count). The van der Waals surface area contributed by atoms with Crippen LogP contribution in [-0.4, -0.2) is 47.5 Å². The van der Waals surface area contributed by atoms with Gasteiger partial charge in [-0.15, -0.1) is 11.3 Å². The Morgan fingerprint density at radius 3 is 2.49 bits per heavy atom. The molecule has 1 aromatic heterocycles. The maximum Gasteiger partial charge on any atom is 0.416 e. The van der Waals surface area contributed by atoms with Gasteiger partial charge in [0, 0.05) is 30.3 Å². The Kier molecular flexibility index (Phi) is 8.83. The molecule has 6 nitrogen and oxygen atoms in total. The number of halogens is 3. The van der Waals surface area contributed by atoms with Crippen molar-refractivity contribution in [2.75, 3.05) is 25.0 Å². The topological polar surface area (TPSA) is 61.9 Å². The van der Waals surface area contributed by atoms with Crippen LogP contribution in [0, 0.1) is 0 Å². The molecule has 37 heavy (non-hydrogen) atoms. The van der Waals surface area contributed by atoms with Gasteiger partial charge in [-0.3, -0.25) is 4.79 Å². The van der Waals surface area contributed by atoms with Gasteiger partial charge in [0.25, 0.3) is 0 Å². The largest absolute Gasteiger partial charge is 0.416 e. The van der Waals surface area contributed by atoms with Gasteiger partial charge >= 0.3 is 12.2 Å². The summed E-state index contributed by atoms with van der Waals surface area (Å²) in [5.41, 5.74) is 0.0906. The highest BCUT2D eigenvalue weighted by atomic mass is 32.1. The molecule has 1 atom stereocenters. The molecule has 1 aliphatic heterocycles. The summed E-state index contributed by atoms with van der Waals surface area (Å²) in [5, 5.41) is 4.47. The minimum atomic E-state index is -4.53. The van der Waals surface area contributed by atoms with Crippen molar-refractivity contribution in [1.29, 1.82) is 0 Å². The predicted molar refractivity (Wildman–Crippen MR) is 136 cm³/mol. The second-order valence-corrected chi connectivity index (χ2v) is 9.87. The standard InChI is InChI=1S/C27H28F3N3O3S/c28-27(29,30)21-9-4-10-22(15-21)31-26(35)33(17-23-11-5-13-36-23)19-25(34)32(18-24-12-6-14-37-24)16-20-7-2-1-3-8-20/h1-4,6-10,12,14-15,23H,5,11,13,16-19H2,(H,31,35). The van der Waals surface area contributed by atoms with Gasteiger partial charge in [-0.05, 0) is 48.1 Å². The number of hydrogen-bond donors (Lipinski definition) is 1. The summed E-state index contributed by atoms with van der Waals surface area (Å²) in [6, 6.07) is 17.2. The minimum Gasteiger partial charge on any atom is -0.376 e. The molecule has 1 saturated heterocycles. The molecule has 3 aromatic rings. The molecular weight excluding hydrogens is 503 g/mol. The molecule has 0 saturated carbocycles. The van der Waals surface area contributed by atoms with Gasteiger partial charge in [0.1, 0.15) is 6.54 Å². The predicted octanol–water partition coefficient (Wildman–Crippen LogP) is 6.01. The SMILES string of the molecule is O=C(CN(CC1CCCO1)C(=O)Nc1cccc(C(F)(F)F)c1)N(Cc1ccccc1)Cc1cccs1. The molecule has 1 aliphatic rings. The van der Waals surface area contributed by atoms with Crippen LogP contribution in [0.4, 0.5) is 23.7 Å².